The number of aromatic amines is 1. The van der Waals surface area contributed by atoms with Gasteiger partial charge in [0.15, 0.2) is 0 Å². The lowest BCUT2D eigenvalue weighted by molar-refractivity contribution is 0.247. The fourth-order valence-electron chi connectivity index (χ4n) is 2.72. The Hall–Kier alpha value is -1.95. The molecule has 0 bridgehead atoms. The van der Waals surface area contributed by atoms with E-state index in [1.54, 1.807) is 11.8 Å². The van der Waals surface area contributed by atoms with Gasteiger partial charge >= 0.3 is 6.03 Å². The summed E-state index contributed by atoms with van der Waals surface area (Å²) in [6.07, 6.45) is 4.56. The lowest BCUT2D eigenvalue weighted by atomic mass is 9.94. The summed E-state index contributed by atoms with van der Waals surface area (Å²) in [6, 6.07) is 7.95. The van der Waals surface area contributed by atoms with Crippen LogP contribution in [0.4, 0.5) is 10.5 Å². The molecule has 1 aromatic heterocycles. The molecule has 0 aliphatic heterocycles. The molecule has 0 fully saturated rings. The molecule has 5 nitrogen and oxygen atoms in total. The number of carbonyl (C=O) groups is 1. The number of aryl methyl sites for hydroxylation is 1. The quantitative estimate of drug-likeness (QED) is 0.759. The summed E-state index contributed by atoms with van der Waals surface area (Å²) in [5.74, 6) is 1.02. The van der Waals surface area contributed by atoms with Gasteiger partial charge in [0.2, 0.25) is 0 Å². The highest BCUT2D eigenvalue weighted by atomic mass is 32.2. The Balaban J connectivity index is 1.56. The molecule has 1 aliphatic carbocycles. The second kappa shape index (κ2) is 6.87. The molecule has 0 unspecified atom stereocenters. The minimum absolute atomic E-state index is 0.143. The number of amides is 2. The molecule has 116 valence electrons. The zero-order valence-electron chi connectivity index (χ0n) is 12.6. The van der Waals surface area contributed by atoms with Crippen LogP contribution in [0.5, 0.6) is 0 Å². The van der Waals surface area contributed by atoms with Crippen LogP contribution in [-0.2, 0) is 12.8 Å². The summed E-state index contributed by atoms with van der Waals surface area (Å²) < 4.78 is 0. The number of hydrogen-bond donors (Lipinski definition) is 3. The number of nitrogens with one attached hydrogen (secondary N) is 3. The minimum Gasteiger partial charge on any atom is -0.335 e. The number of H-pyrrole nitrogens is 1. The molecule has 0 saturated carbocycles. The van der Waals surface area contributed by atoms with Gasteiger partial charge in [-0.05, 0) is 48.8 Å². The first-order valence-electron chi connectivity index (χ1n) is 7.56. The molecule has 2 amide bonds. The van der Waals surface area contributed by atoms with Crippen molar-refractivity contribution < 1.29 is 4.79 Å². The van der Waals surface area contributed by atoms with Gasteiger partial charge in [-0.15, -0.1) is 11.8 Å². The molecule has 1 atom stereocenters. The number of carbonyl (C=O) groups excluding carboxylic acids is 1. The topological polar surface area (TPSA) is 69.8 Å². The highest BCUT2D eigenvalue weighted by Gasteiger charge is 2.21. The van der Waals surface area contributed by atoms with Gasteiger partial charge in [-0.2, -0.15) is 5.10 Å². The van der Waals surface area contributed by atoms with Crippen molar-refractivity contribution in [3.8, 4) is 0 Å². The van der Waals surface area contributed by atoms with Crippen molar-refractivity contribution in [1.29, 1.82) is 0 Å². The van der Waals surface area contributed by atoms with Crippen molar-refractivity contribution in [3.63, 3.8) is 0 Å². The summed E-state index contributed by atoms with van der Waals surface area (Å²) in [7, 11) is 0. The van der Waals surface area contributed by atoms with E-state index in [9.17, 15) is 4.79 Å². The van der Waals surface area contributed by atoms with E-state index in [1.807, 2.05) is 24.4 Å². The number of urea groups is 1. The second-order valence-electron chi connectivity index (χ2n) is 5.37. The molecule has 1 aromatic carbocycles. The van der Waals surface area contributed by atoms with E-state index in [4.69, 9.17) is 0 Å². The molecule has 6 heteroatoms. The zero-order chi connectivity index (χ0) is 15.4. The Kier molecular flexibility index (Phi) is 4.68. The van der Waals surface area contributed by atoms with Crippen molar-refractivity contribution >= 4 is 23.5 Å². The van der Waals surface area contributed by atoms with Crippen molar-refractivity contribution in [2.45, 2.75) is 37.1 Å². The van der Waals surface area contributed by atoms with E-state index in [0.29, 0.717) is 0 Å². The van der Waals surface area contributed by atoms with E-state index in [0.717, 1.165) is 30.7 Å². The van der Waals surface area contributed by atoms with Crippen LogP contribution in [0.3, 0.4) is 0 Å². The Labute approximate surface area is 134 Å². The number of benzene rings is 1. The molecule has 0 saturated heterocycles. The van der Waals surface area contributed by atoms with Crippen LogP contribution in [0.2, 0.25) is 0 Å². The molecule has 22 heavy (non-hydrogen) atoms. The number of nitrogens with zero attached hydrogens (tertiary/aromatic N) is 1. The monoisotopic (exact) mass is 316 g/mol. The van der Waals surface area contributed by atoms with Gasteiger partial charge in [0.05, 0.1) is 6.20 Å². The van der Waals surface area contributed by atoms with Crippen molar-refractivity contribution in [2.24, 2.45) is 0 Å². The van der Waals surface area contributed by atoms with Crippen LogP contribution < -0.4 is 10.6 Å². The van der Waals surface area contributed by atoms with Gasteiger partial charge in [-0.1, -0.05) is 13.0 Å². The Morgan fingerprint density at radius 1 is 1.50 bits per heavy atom. The average molecular weight is 316 g/mol. The maximum atomic E-state index is 12.1. The van der Waals surface area contributed by atoms with Crippen molar-refractivity contribution in [3.05, 3.63) is 41.7 Å². The summed E-state index contributed by atoms with van der Waals surface area (Å²) in [6.45, 7) is 2.12. The summed E-state index contributed by atoms with van der Waals surface area (Å²) in [4.78, 5) is 13.3. The molecular formula is C16H20N4OS. The maximum Gasteiger partial charge on any atom is 0.319 e. The lowest BCUT2D eigenvalue weighted by Crippen LogP contribution is -2.41. The lowest BCUT2D eigenvalue weighted by Gasteiger charge is -2.23. The van der Waals surface area contributed by atoms with Crippen molar-refractivity contribution in [1.82, 2.24) is 15.5 Å². The SMILES string of the molecule is CCSc1cccc(NC(=O)N[C@@H]2CCc3[nH]ncc3C2)c1. The minimum atomic E-state index is -0.143. The Bertz CT molecular complexity index is 655. The fourth-order valence-corrected chi connectivity index (χ4v) is 3.44. The molecule has 2 aromatic rings. The third kappa shape index (κ3) is 3.62. The third-order valence-corrected chi connectivity index (χ3v) is 4.63. The van der Waals surface area contributed by atoms with E-state index in [-0.39, 0.29) is 12.1 Å². The standard InChI is InChI=1S/C16H20N4OS/c1-2-22-14-5-3-4-12(9-14)18-16(21)19-13-6-7-15-11(8-13)10-17-20-15/h3-5,9-10,13H,2,6-8H2,1H3,(H,17,20)(H2,18,19,21)/t13-/m1/s1. The Morgan fingerprint density at radius 3 is 3.27 bits per heavy atom. The molecule has 3 rings (SSSR count). The third-order valence-electron chi connectivity index (χ3n) is 3.75. The van der Waals surface area contributed by atoms with Gasteiger partial charge in [0.1, 0.15) is 0 Å². The first-order valence-corrected chi connectivity index (χ1v) is 8.54. The molecular weight excluding hydrogens is 296 g/mol. The smallest absolute Gasteiger partial charge is 0.319 e. The van der Waals surface area contributed by atoms with Gasteiger partial charge in [-0.25, -0.2) is 4.79 Å². The average Bonchev–Trinajstić information content (AvgIpc) is 2.95. The Morgan fingerprint density at radius 2 is 2.41 bits per heavy atom. The van der Waals surface area contributed by atoms with Crippen LogP contribution in [0, 0.1) is 0 Å². The number of aromatic nitrogens is 2. The van der Waals surface area contributed by atoms with Gasteiger partial charge in [0.25, 0.3) is 0 Å². The molecule has 1 heterocycles. The largest absolute Gasteiger partial charge is 0.335 e. The number of fused-ring (bicyclic) bond motifs is 1. The molecule has 0 spiro atoms. The summed E-state index contributed by atoms with van der Waals surface area (Å²) in [5, 5.41) is 13.0. The maximum absolute atomic E-state index is 12.1. The normalized spacial score (nSPS) is 16.9. The first-order chi connectivity index (χ1) is 10.7. The van der Waals surface area contributed by atoms with Gasteiger partial charge < -0.3 is 10.6 Å². The van der Waals surface area contributed by atoms with Crippen LogP contribution in [0.1, 0.15) is 24.6 Å². The highest BCUT2D eigenvalue weighted by Crippen LogP contribution is 2.22. The summed E-state index contributed by atoms with van der Waals surface area (Å²) >= 11 is 1.76. The second-order valence-corrected chi connectivity index (χ2v) is 6.71. The van der Waals surface area contributed by atoms with E-state index in [2.05, 4.69) is 33.8 Å². The number of rotatable bonds is 4. The predicted molar refractivity (Wildman–Crippen MR) is 89.4 cm³/mol. The van der Waals surface area contributed by atoms with Crippen LogP contribution >= 0.6 is 11.8 Å². The van der Waals surface area contributed by atoms with E-state index >= 15 is 0 Å². The first kappa shape index (κ1) is 15.0. The van der Waals surface area contributed by atoms with Gasteiger partial charge in [0, 0.05) is 22.3 Å². The van der Waals surface area contributed by atoms with Crippen LogP contribution in [0.25, 0.3) is 0 Å². The van der Waals surface area contributed by atoms with Gasteiger partial charge in [-0.3, -0.25) is 5.10 Å². The molecule has 1 aliphatic rings. The van der Waals surface area contributed by atoms with E-state index < -0.39 is 0 Å². The fraction of sp³-hybridized carbons (Fsp3) is 0.375. The van der Waals surface area contributed by atoms with Crippen LogP contribution in [0.15, 0.2) is 35.4 Å². The number of thioether (sulfide) groups is 1. The highest BCUT2D eigenvalue weighted by molar-refractivity contribution is 7.99. The number of hydrogen-bond acceptors (Lipinski definition) is 3. The molecule has 3 N–H and O–H groups in total. The summed E-state index contributed by atoms with van der Waals surface area (Å²) in [5.41, 5.74) is 3.23. The van der Waals surface area contributed by atoms with E-state index in [1.165, 1.54) is 16.2 Å². The van der Waals surface area contributed by atoms with Crippen LogP contribution in [-0.4, -0.2) is 28.0 Å². The van der Waals surface area contributed by atoms with Crippen molar-refractivity contribution in [2.75, 3.05) is 11.1 Å². The molecule has 0 radical (unpaired) electrons. The number of anilines is 1. The predicted octanol–water partition coefficient (Wildman–Crippen LogP) is 3.20. The zero-order valence-corrected chi connectivity index (χ0v) is 13.4.